The first kappa shape index (κ1) is 9.31. The summed E-state index contributed by atoms with van der Waals surface area (Å²) < 4.78 is 0. The summed E-state index contributed by atoms with van der Waals surface area (Å²) >= 11 is 1.82. The van der Waals surface area contributed by atoms with Crippen LogP contribution in [-0.2, 0) is 0 Å². The smallest absolute Gasteiger partial charge is 0.0540 e. The highest BCUT2D eigenvalue weighted by atomic mass is 32.2. The van der Waals surface area contributed by atoms with Crippen molar-refractivity contribution in [1.82, 2.24) is 0 Å². The van der Waals surface area contributed by atoms with E-state index in [-0.39, 0.29) is 6.10 Å². The highest BCUT2D eigenvalue weighted by Gasteiger charge is 1.97. The van der Waals surface area contributed by atoms with Gasteiger partial charge in [0.05, 0.1) is 6.10 Å². The first-order valence-corrected chi connectivity index (χ1v) is 4.67. The highest BCUT2D eigenvalue weighted by Crippen LogP contribution is 2.04. The lowest BCUT2D eigenvalue weighted by atomic mass is 10.2. The lowest BCUT2D eigenvalue weighted by Gasteiger charge is -2.04. The van der Waals surface area contributed by atoms with Gasteiger partial charge in [-0.1, -0.05) is 6.92 Å². The Morgan fingerprint density at radius 1 is 1.67 bits per heavy atom. The largest absolute Gasteiger partial charge is 0.393 e. The minimum absolute atomic E-state index is 0.169. The van der Waals surface area contributed by atoms with Gasteiger partial charge in [-0.2, -0.15) is 11.8 Å². The molecule has 0 heterocycles. The van der Waals surface area contributed by atoms with Gasteiger partial charge in [-0.3, -0.25) is 0 Å². The molecule has 1 N–H and O–H groups in total. The van der Waals surface area contributed by atoms with Crippen molar-refractivity contribution in [2.75, 3.05) is 12.0 Å². The SMILES string of the molecule is [CH2]CC(O)CCCSC. The van der Waals surface area contributed by atoms with Gasteiger partial charge in [-0.15, -0.1) is 0 Å². The number of thioether (sulfide) groups is 1. The van der Waals surface area contributed by atoms with E-state index in [0.717, 1.165) is 18.6 Å². The van der Waals surface area contributed by atoms with Crippen LogP contribution in [0.2, 0.25) is 0 Å². The Morgan fingerprint density at radius 3 is 2.78 bits per heavy atom. The zero-order chi connectivity index (χ0) is 7.11. The molecule has 0 aromatic rings. The van der Waals surface area contributed by atoms with Crippen LogP contribution in [0, 0.1) is 6.92 Å². The van der Waals surface area contributed by atoms with Gasteiger partial charge in [0.25, 0.3) is 0 Å². The van der Waals surface area contributed by atoms with E-state index in [1.165, 1.54) is 0 Å². The average molecular weight is 147 g/mol. The molecule has 1 nitrogen and oxygen atoms in total. The van der Waals surface area contributed by atoms with Gasteiger partial charge >= 0.3 is 0 Å². The number of hydrogen-bond donors (Lipinski definition) is 1. The van der Waals surface area contributed by atoms with Crippen molar-refractivity contribution >= 4 is 11.8 Å². The maximum atomic E-state index is 9.01. The van der Waals surface area contributed by atoms with Gasteiger partial charge in [0.1, 0.15) is 0 Å². The maximum absolute atomic E-state index is 9.01. The van der Waals surface area contributed by atoms with E-state index in [4.69, 9.17) is 5.11 Å². The van der Waals surface area contributed by atoms with Crippen LogP contribution in [0.25, 0.3) is 0 Å². The molecule has 0 saturated heterocycles. The predicted molar refractivity (Wildman–Crippen MR) is 43.6 cm³/mol. The summed E-state index contributed by atoms with van der Waals surface area (Å²) in [5, 5.41) is 9.01. The van der Waals surface area contributed by atoms with Crippen molar-refractivity contribution in [1.29, 1.82) is 0 Å². The van der Waals surface area contributed by atoms with E-state index >= 15 is 0 Å². The standard InChI is InChI=1S/C7H15OS/c1-3-7(8)5-4-6-9-2/h7-8H,1,3-6H2,2H3. The lowest BCUT2D eigenvalue weighted by molar-refractivity contribution is 0.166. The second-order valence-electron chi connectivity index (χ2n) is 2.08. The fourth-order valence-corrected chi connectivity index (χ4v) is 1.06. The molecule has 9 heavy (non-hydrogen) atoms. The molecule has 1 radical (unpaired) electrons. The summed E-state index contributed by atoms with van der Waals surface area (Å²) in [6.45, 7) is 3.61. The Balaban J connectivity index is 2.88. The van der Waals surface area contributed by atoms with Gasteiger partial charge in [0, 0.05) is 0 Å². The monoisotopic (exact) mass is 147 g/mol. The van der Waals surface area contributed by atoms with Crippen LogP contribution in [0.15, 0.2) is 0 Å². The van der Waals surface area contributed by atoms with E-state index < -0.39 is 0 Å². The molecule has 0 aliphatic carbocycles. The molecular formula is C7H15OS. The van der Waals surface area contributed by atoms with E-state index in [1.807, 2.05) is 11.8 Å². The predicted octanol–water partition coefficient (Wildman–Crippen LogP) is 1.71. The fraction of sp³-hybridized carbons (Fsp3) is 0.857. The third-order valence-corrected chi connectivity index (χ3v) is 1.92. The zero-order valence-electron chi connectivity index (χ0n) is 5.97. The van der Waals surface area contributed by atoms with Crippen LogP contribution in [0.1, 0.15) is 19.3 Å². The first-order chi connectivity index (χ1) is 4.31. The molecule has 0 rings (SSSR count). The summed E-state index contributed by atoms with van der Waals surface area (Å²) in [5.41, 5.74) is 0. The Morgan fingerprint density at radius 2 is 2.33 bits per heavy atom. The molecule has 0 fully saturated rings. The van der Waals surface area contributed by atoms with Crippen molar-refractivity contribution in [2.24, 2.45) is 0 Å². The maximum Gasteiger partial charge on any atom is 0.0540 e. The second kappa shape index (κ2) is 6.43. The molecule has 0 aliphatic heterocycles. The molecule has 2 heteroatoms. The molecule has 1 unspecified atom stereocenters. The van der Waals surface area contributed by atoms with Crippen molar-refractivity contribution < 1.29 is 5.11 Å². The van der Waals surface area contributed by atoms with Crippen molar-refractivity contribution in [3.8, 4) is 0 Å². The Hall–Kier alpha value is 0.310. The summed E-state index contributed by atoms with van der Waals surface area (Å²) in [7, 11) is 0. The fourth-order valence-electron chi connectivity index (χ4n) is 0.608. The highest BCUT2D eigenvalue weighted by molar-refractivity contribution is 7.98. The molecule has 55 valence electrons. The van der Waals surface area contributed by atoms with Gasteiger partial charge < -0.3 is 5.11 Å². The normalized spacial score (nSPS) is 13.7. The van der Waals surface area contributed by atoms with Gasteiger partial charge in [0.2, 0.25) is 0 Å². The van der Waals surface area contributed by atoms with Crippen LogP contribution >= 0.6 is 11.8 Å². The molecule has 0 saturated carbocycles. The number of hydrogen-bond acceptors (Lipinski definition) is 2. The van der Waals surface area contributed by atoms with E-state index in [0.29, 0.717) is 6.42 Å². The van der Waals surface area contributed by atoms with E-state index in [1.54, 1.807) is 0 Å². The molecule has 0 bridgehead atoms. The van der Waals surface area contributed by atoms with Gasteiger partial charge in [-0.05, 0) is 31.3 Å². The molecule has 0 aromatic heterocycles. The minimum Gasteiger partial charge on any atom is -0.393 e. The van der Waals surface area contributed by atoms with E-state index in [9.17, 15) is 0 Å². The first-order valence-electron chi connectivity index (χ1n) is 3.27. The Kier molecular flexibility index (Phi) is 6.65. The third-order valence-electron chi connectivity index (χ3n) is 1.22. The molecular weight excluding hydrogens is 132 g/mol. The number of aliphatic hydroxyl groups is 1. The molecule has 0 spiro atoms. The molecule has 0 aromatic carbocycles. The third kappa shape index (κ3) is 6.19. The van der Waals surface area contributed by atoms with Crippen LogP contribution in [0.5, 0.6) is 0 Å². The summed E-state index contributed by atoms with van der Waals surface area (Å²) in [4.78, 5) is 0. The van der Waals surface area contributed by atoms with Gasteiger partial charge in [-0.25, -0.2) is 0 Å². The second-order valence-corrected chi connectivity index (χ2v) is 3.06. The number of rotatable bonds is 5. The topological polar surface area (TPSA) is 20.2 Å². The summed E-state index contributed by atoms with van der Waals surface area (Å²) in [5.74, 6) is 1.15. The van der Waals surface area contributed by atoms with Crippen LogP contribution in [0.3, 0.4) is 0 Å². The van der Waals surface area contributed by atoms with Crippen molar-refractivity contribution in [2.45, 2.75) is 25.4 Å². The summed E-state index contributed by atoms with van der Waals surface area (Å²) in [6, 6.07) is 0. The lowest BCUT2D eigenvalue weighted by Crippen LogP contribution is -2.03. The summed E-state index contributed by atoms with van der Waals surface area (Å²) in [6.07, 6.45) is 4.57. The average Bonchev–Trinajstić information content (AvgIpc) is 1.89. The zero-order valence-corrected chi connectivity index (χ0v) is 6.78. The minimum atomic E-state index is -0.169. The quantitative estimate of drug-likeness (QED) is 0.597. The number of aliphatic hydroxyl groups excluding tert-OH is 1. The van der Waals surface area contributed by atoms with Gasteiger partial charge in [0.15, 0.2) is 0 Å². The van der Waals surface area contributed by atoms with E-state index in [2.05, 4.69) is 13.2 Å². The molecule has 0 aliphatic rings. The molecule has 0 amide bonds. The Bertz CT molecular complexity index is 56.9. The Labute approximate surface area is 61.8 Å². The van der Waals surface area contributed by atoms with Crippen LogP contribution in [-0.4, -0.2) is 23.2 Å². The van der Waals surface area contributed by atoms with Crippen molar-refractivity contribution in [3.05, 3.63) is 6.92 Å². The molecule has 1 atom stereocenters. The van der Waals surface area contributed by atoms with Crippen LogP contribution < -0.4 is 0 Å². The van der Waals surface area contributed by atoms with Crippen molar-refractivity contribution in [3.63, 3.8) is 0 Å². The van der Waals surface area contributed by atoms with Crippen LogP contribution in [0.4, 0.5) is 0 Å².